The van der Waals surface area contributed by atoms with Gasteiger partial charge < -0.3 is 10.6 Å². The Morgan fingerprint density at radius 1 is 1.19 bits per heavy atom. The summed E-state index contributed by atoms with van der Waals surface area (Å²) in [6.07, 6.45) is 3.08. The first-order valence-electron chi connectivity index (χ1n) is 7.98. The first-order chi connectivity index (χ1) is 12.6. The van der Waals surface area contributed by atoms with Crippen molar-refractivity contribution in [2.24, 2.45) is 0 Å². The zero-order valence-corrected chi connectivity index (χ0v) is 14.6. The van der Waals surface area contributed by atoms with E-state index >= 15 is 0 Å². The summed E-state index contributed by atoms with van der Waals surface area (Å²) in [5.74, 6) is 0.809. The van der Waals surface area contributed by atoms with Crippen LogP contribution in [0.1, 0.15) is 18.5 Å². The normalized spacial score (nSPS) is 16.0. The van der Waals surface area contributed by atoms with E-state index in [2.05, 4.69) is 25.7 Å². The number of hydrogen-bond acceptors (Lipinski definition) is 5. The predicted octanol–water partition coefficient (Wildman–Crippen LogP) is 3.25. The molecule has 1 aromatic carbocycles. The first kappa shape index (κ1) is 16.3. The zero-order chi connectivity index (χ0) is 18.1. The van der Waals surface area contributed by atoms with Crippen molar-refractivity contribution in [3.05, 3.63) is 76.8 Å². The summed E-state index contributed by atoms with van der Waals surface area (Å²) in [4.78, 5) is 21.4. The molecule has 0 unspecified atom stereocenters. The molecule has 130 valence electrons. The van der Waals surface area contributed by atoms with Gasteiger partial charge in [0.25, 0.3) is 5.91 Å². The van der Waals surface area contributed by atoms with Gasteiger partial charge in [0.1, 0.15) is 18.2 Å². The molecule has 7 nitrogen and oxygen atoms in total. The van der Waals surface area contributed by atoms with E-state index in [-0.39, 0.29) is 5.91 Å². The van der Waals surface area contributed by atoms with Crippen LogP contribution >= 0.6 is 11.6 Å². The fourth-order valence-corrected chi connectivity index (χ4v) is 3.08. The number of hydrogen-bond donors (Lipinski definition) is 2. The summed E-state index contributed by atoms with van der Waals surface area (Å²) in [6.45, 7) is 1.84. The Morgan fingerprint density at radius 3 is 2.73 bits per heavy atom. The van der Waals surface area contributed by atoms with E-state index in [0.717, 1.165) is 5.56 Å². The average Bonchev–Trinajstić information content (AvgIpc) is 3.10. The van der Waals surface area contributed by atoms with Gasteiger partial charge in [-0.3, -0.25) is 4.79 Å². The topological polar surface area (TPSA) is 84.7 Å². The van der Waals surface area contributed by atoms with E-state index in [1.807, 2.05) is 25.1 Å². The minimum absolute atomic E-state index is 0.255. The van der Waals surface area contributed by atoms with Crippen molar-refractivity contribution in [2.45, 2.75) is 13.0 Å². The Kier molecular flexibility index (Phi) is 4.14. The van der Waals surface area contributed by atoms with Crippen LogP contribution in [0.3, 0.4) is 0 Å². The number of benzene rings is 1. The summed E-state index contributed by atoms with van der Waals surface area (Å²) in [7, 11) is 0. The lowest BCUT2D eigenvalue weighted by Gasteiger charge is -2.28. The lowest BCUT2D eigenvalue weighted by Crippen LogP contribution is -2.31. The van der Waals surface area contributed by atoms with E-state index in [4.69, 9.17) is 11.6 Å². The molecule has 3 aromatic rings. The van der Waals surface area contributed by atoms with Crippen LogP contribution in [0.4, 0.5) is 11.8 Å². The SMILES string of the molecule is CC1=C(C(=O)Nc2ccccn2)[C@@H](c2ccc(Cl)cc2)n2ncnc2N1. The summed E-state index contributed by atoms with van der Waals surface area (Å²) in [5.41, 5.74) is 2.13. The quantitative estimate of drug-likeness (QED) is 0.743. The Balaban J connectivity index is 1.77. The standard InChI is InChI=1S/C18H15ClN6O/c1-11-15(17(26)24-14-4-2-3-9-20-14)16(12-5-7-13(19)8-6-12)25-18(23-11)21-10-22-25/h2-10,16H,1H3,(H,20,24,26)(H,21,22,23)/t16-/m1/s1. The number of halogens is 1. The summed E-state index contributed by atoms with van der Waals surface area (Å²) in [6, 6.07) is 12.3. The van der Waals surface area contributed by atoms with Crippen molar-refractivity contribution in [3.8, 4) is 0 Å². The molecule has 1 aliphatic rings. The van der Waals surface area contributed by atoms with Crippen LogP contribution in [-0.2, 0) is 4.79 Å². The third kappa shape index (κ3) is 2.93. The largest absolute Gasteiger partial charge is 0.328 e. The maximum absolute atomic E-state index is 13.0. The third-order valence-electron chi connectivity index (χ3n) is 4.13. The Bertz CT molecular complexity index is 980. The highest BCUT2D eigenvalue weighted by molar-refractivity contribution is 6.30. The number of nitrogens with zero attached hydrogens (tertiary/aromatic N) is 4. The molecular weight excluding hydrogens is 352 g/mol. The molecule has 2 aromatic heterocycles. The van der Waals surface area contributed by atoms with Crippen LogP contribution in [-0.4, -0.2) is 25.7 Å². The number of anilines is 2. The molecule has 0 saturated carbocycles. The van der Waals surface area contributed by atoms with Gasteiger partial charge in [0.05, 0.1) is 5.57 Å². The molecule has 2 N–H and O–H groups in total. The third-order valence-corrected chi connectivity index (χ3v) is 4.38. The Hall–Kier alpha value is -3.19. The van der Waals surface area contributed by atoms with Crippen molar-refractivity contribution >= 4 is 29.3 Å². The molecule has 0 saturated heterocycles. The second-order valence-corrected chi connectivity index (χ2v) is 6.25. The average molecular weight is 367 g/mol. The highest BCUT2D eigenvalue weighted by Gasteiger charge is 2.33. The number of allylic oxidation sites excluding steroid dienone is 1. The molecular formula is C18H15ClN6O. The number of fused-ring (bicyclic) bond motifs is 1. The lowest BCUT2D eigenvalue weighted by molar-refractivity contribution is -0.113. The summed E-state index contributed by atoms with van der Waals surface area (Å²) < 4.78 is 1.68. The smallest absolute Gasteiger partial charge is 0.257 e. The van der Waals surface area contributed by atoms with Crippen molar-refractivity contribution < 1.29 is 4.79 Å². The molecule has 0 radical (unpaired) electrons. The van der Waals surface area contributed by atoms with Gasteiger partial charge in [-0.25, -0.2) is 9.67 Å². The number of carbonyl (C=O) groups excluding carboxylic acids is 1. The number of carbonyl (C=O) groups is 1. The van der Waals surface area contributed by atoms with Crippen LogP contribution < -0.4 is 10.6 Å². The van der Waals surface area contributed by atoms with Gasteiger partial charge in [0, 0.05) is 16.9 Å². The van der Waals surface area contributed by atoms with E-state index in [0.29, 0.717) is 28.1 Å². The lowest BCUT2D eigenvalue weighted by atomic mass is 9.95. The molecule has 0 spiro atoms. The highest BCUT2D eigenvalue weighted by atomic mass is 35.5. The van der Waals surface area contributed by atoms with Crippen molar-refractivity contribution in [1.29, 1.82) is 0 Å². The molecule has 3 heterocycles. The van der Waals surface area contributed by atoms with Gasteiger partial charge in [-0.05, 0) is 36.8 Å². The Morgan fingerprint density at radius 2 is 2.00 bits per heavy atom. The van der Waals surface area contributed by atoms with E-state index in [1.165, 1.54) is 6.33 Å². The van der Waals surface area contributed by atoms with Gasteiger partial charge in [-0.2, -0.15) is 10.1 Å². The maximum atomic E-state index is 13.0. The summed E-state index contributed by atoms with van der Waals surface area (Å²) >= 11 is 6.02. The molecule has 26 heavy (non-hydrogen) atoms. The monoisotopic (exact) mass is 366 g/mol. The van der Waals surface area contributed by atoms with Crippen molar-refractivity contribution in [1.82, 2.24) is 19.7 Å². The molecule has 0 aliphatic carbocycles. The van der Waals surface area contributed by atoms with Gasteiger partial charge in [-0.1, -0.05) is 29.8 Å². The fraction of sp³-hybridized carbons (Fsp3) is 0.111. The summed E-state index contributed by atoms with van der Waals surface area (Å²) in [5, 5.41) is 10.9. The molecule has 1 atom stereocenters. The fourth-order valence-electron chi connectivity index (χ4n) is 2.96. The maximum Gasteiger partial charge on any atom is 0.257 e. The van der Waals surface area contributed by atoms with Crippen molar-refractivity contribution in [3.63, 3.8) is 0 Å². The van der Waals surface area contributed by atoms with Gasteiger partial charge in [0.15, 0.2) is 0 Å². The number of amides is 1. The number of nitrogens with one attached hydrogen (secondary N) is 2. The molecule has 0 fully saturated rings. The van der Waals surface area contributed by atoms with Crippen LogP contribution in [0.5, 0.6) is 0 Å². The second-order valence-electron chi connectivity index (χ2n) is 5.82. The van der Waals surface area contributed by atoms with Gasteiger partial charge >= 0.3 is 0 Å². The van der Waals surface area contributed by atoms with Gasteiger partial charge in [-0.15, -0.1) is 0 Å². The Labute approximate surface area is 154 Å². The number of pyridine rings is 1. The highest BCUT2D eigenvalue weighted by Crippen LogP contribution is 2.35. The van der Waals surface area contributed by atoms with Crippen LogP contribution in [0.25, 0.3) is 0 Å². The zero-order valence-electron chi connectivity index (χ0n) is 13.8. The molecule has 8 heteroatoms. The van der Waals surface area contributed by atoms with E-state index in [9.17, 15) is 4.79 Å². The number of rotatable bonds is 3. The molecule has 0 bridgehead atoms. The predicted molar refractivity (Wildman–Crippen MR) is 98.8 cm³/mol. The van der Waals surface area contributed by atoms with E-state index in [1.54, 1.807) is 35.1 Å². The van der Waals surface area contributed by atoms with Crippen LogP contribution in [0.15, 0.2) is 66.3 Å². The van der Waals surface area contributed by atoms with Crippen LogP contribution in [0.2, 0.25) is 5.02 Å². The van der Waals surface area contributed by atoms with Gasteiger partial charge in [0.2, 0.25) is 5.95 Å². The molecule has 4 rings (SSSR count). The van der Waals surface area contributed by atoms with Crippen LogP contribution in [0, 0.1) is 0 Å². The minimum atomic E-state index is -0.422. The van der Waals surface area contributed by atoms with Crippen molar-refractivity contribution in [2.75, 3.05) is 10.6 Å². The molecule has 1 amide bonds. The minimum Gasteiger partial charge on any atom is -0.328 e. The second kappa shape index (κ2) is 6.61. The molecule has 1 aliphatic heterocycles. The van der Waals surface area contributed by atoms with E-state index < -0.39 is 6.04 Å². The number of aromatic nitrogens is 4. The first-order valence-corrected chi connectivity index (χ1v) is 8.36.